The van der Waals surface area contributed by atoms with Crippen molar-refractivity contribution in [2.24, 2.45) is 13.0 Å². The molecule has 0 radical (unpaired) electrons. The van der Waals surface area contributed by atoms with Crippen LogP contribution in [0.3, 0.4) is 0 Å². The summed E-state index contributed by atoms with van der Waals surface area (Å²) in [6, 6.07) is 0.456. The summed E-state index contributed by atoms with van der Waals surface area (Å²) in [5, 5.41) is 4.78. The first-order chi connectivity index (χ1) is 11.7. The van der Waals surface area contributed by atoms with E-state index >= 15 is 0 Å². The Balaban J connectivity index is 1.52. The van der Waals surface area contributed by atoms with Crippen LogP contribution in [0.25, 0.3) is 0 Å². The summed E-state index contributed by atoms with van der Waals surface area (Å²) in [4.78, 5) is 15.3. The molecule has 1 heterocycles. The second-order valence-corrected chi connectivity index (χ2v) is 8.16. The smallest absolute Gasteiger partial charge is 0.223 e. The van der Waals surface area contributed by atoms with Gasteiger partial charge in [-0.1, -0.05) is 25.7 Å². The van der Waals surface area contributed by atoms with Gasteiger partial charge >= 0.3 is 0 Å². The summed E-state index contributed by atoms with van der Waals surface area (Å²) in [5.74, 6) is 1.03. The Hall–Kier alpha value is -1.32. The summed E-state index contributed by atoms with van der Waals surface area (Å²) in [7, 11) is 2.06. The van der Waals surface area contributed by atoms with E-state index < -0.39 is 0 Å². The molecular weight excluding hydrogens is 298 g/mol. The first kappa shape index (κ1) is 16.2. The van der Waals surface area contributed by atoms with Gasteiger partial charge in [0, 0.05) is 25.2 Å². The minimum Gasteiger partial charge on any atom is -0.334 e. The molecule has 3 aliphatic rings. The van der Waals surface area contributed by atoms with Crippen LogP contribution in [0.2, 0.25) is 0 Å². The van der Waals surface area contributed by atoms with Crippen LogP contribution in [0.4, 0.5) is 0 Å². The van der Waals surface area contributed by atoms with Crippen LogP contribution in [0.15, 0.2) is 0 Å². The first-order valence-electron chi connectivity index (χ1n) is 10.1. The number of rotatable bonds is 5. The van der Waals surface area contributed by atoms with Gasteiger partial charge in [0.05, 0.1) is 12.2 Å². The van der Waals surface area contributed by atoms with E-state index in [1.54, 1.807) is 0 Å². The van der Waals surface area contributed by atoms with Crippen molar-refractivity contribution in [1.29, 1.82) is 0 Å². The summed E-state index contributed by atoms with van der Waals surface area (Å²) < 4.78 is 2.06. The summed E-state index contributed by atoms with van der Waals surface area (Å²) in [5.41, 5.74) is 4.02. The van der Waals surface area contributed by atoms with Crippen molar-refractivity contribution in [3.8, 4) is 0 Å². The highest BCUT2D eigenvalue weighted by Crippen LogP contribution is 2.32. The highest BCUT2D eigenvalue weighted by molar-refractivity contribution is 5.77. The van der Waals surface area contributed by atoms with E-state index in [0.29, 0.717) is 17.9 Å². The van der Waals surface area contributed by atoms with Crippen LogP contribution in [0.5, 0.6) is 0 Å². The van der Waals surface area contributed by atoms with Crippen LogP contribution < -0.4 is 0 Å². The minimum atomic E-state index is 0.395. The maximum Gasteiger partial charge on any atom is 0.223 e. The monoisotopic (exact) mass is 329 g/mol. The number of aromatic nitrogens is 2. The Kier molecular flexibility index (Phi) is 4.64. The average Bonchev–Trinajstić information content (AvgIpc) is 3.34. The fourth-order valence-electron chi connectivity index (χ4n) is 5.20. The zero-order chi connectivity index (χ0) is 16.5. The number of hydrogen-bond acceptors (Lipinski definition) is 2. The number of carbonyl (C=O) groups is 1. The molecule has 0 N–H and O–H groups in total. The van der Waals surface area contributed by atoms with E-state index in [1.807, 2.05) is 0 Å². The van der Waals surface area contributed by atoms with Crippen molar-refractivity contribution < 1.29 is 4.79 Å². The molecule has 4 rings (SSSR count). The minimum absolute atomic E-state index is 0.395. The lowest BCUT2D eigenvalue weighted by Gasteiger charge is -2.30. The molecular formula is C20H31N3O. The Morgan fingerprint density at radius 1 is 1.08 bits per heavy atom. The average molecular weight is 329 g/mol. The topological polar surface area (TPSA) is 38.1 Å². The predicted octanol–water partition coefficient (Wildman–Crippen LogP) is 3.76. The number of fused-ring (bicyclic) bond motifs is 1. The molecule has 0 aliphatic heterocycles. The molecule has 1 amide bonds. The van der Waals surface area contributed by atoms with Gasteiger partial charge < -0.3 is 4.90 Å². The molecule has 4 heteroatoms. The summed E-state index contributed by atoms with van der Waals surface area (Å²) in [6.07, 6.45) is 14.4. The molecule has 1 aromatic rings. The molecule has 132 valence electrons. The van der Waals surface area contributed by atoms with E-state index in [1.165, 1.54) is 74.7 Å². The molecule has 24 heavy (non-hydrogen) atoms. The van der Waals surface area contributed by atoms with Gasteiger partial charge in [-0.25, -0.2) is 0 Å². The Morgan fingerprint density at radius 3 is 2.54 bits per heavy atom. The van der Waals surface area contributed by atoms with Gasteiger partial charge in [0.1, 0.15) is 0 Å². The number of hydrogen-bond donors (Lipinski definition) is 0. The Morgan fingerprint density at radius 2 is 1.79 bits per heavy atom. The van der Waals surface area contributed by atoms with Gasteiger partial charge in [0.15, 0.2) is 0 Å². The molecule has 0 bridgehead atoms. The number of amides is 1. The van der Waals surface area contributed by atoms with Crippen LogP contribution in [-0.4, -0.2) is 26.6 Å². The van der Waals surface area contributed by atoms with Crippen molar-refractivity contribution in [3.05, 3.63) is 17.0 Å². The zero-order valence-electron chi connectivity index (χ0n) is 15.1. The molecule has 1 aromatic heterocycles. The van der Waals surface area contributed by atoms with Gasteiger partial charge in [-0.05, 0) is 56.4 Å². The van der Waals surface area contributed by atoms with Crippen molar-refractivity contribution in [3.63, 3.8) is 0 Å². The summed E-state index contributed by atoms with van der Waals surface area (Å²) >= 11 is 0. The van der Waals surface area contributed by atoms with Gasteiger partial charge in [0.25, 0.3) is 0 Å². The largest absolute Gasteiger partial charge is 0.334 e. The highest BCUT2D eigenvalue weighted by Gasteiger charge is 2.31. The zero-order valence-corrected chi connectivity index (χ0v) is 15.1. The van der Waals surface area contributed by atoms with Gasteiger partial charge in [-0.2, -0.15) is 5.10 Å². The molecule has 3 aliphatic carbocycles. The van der Waals surface area contributed by atoms with Crippen molar-refractivity contribution in [2.75, 3.05) is 0 Å². The van der Waals surface area contributed by atoms with E-state index in [2.05, 4.69) is 16.6 Å². The second kappa shape index (κ2) is 6.89. The van der Waals surface area contributed by atoms with Crippen LogP contribution in [-0.2, 0) is 31.2 Å². The van der Waals surface area contributed by atoms with Gasteiger partial charge in [0.2, 0.25) is 5.91 Å². The maximum atomic E-state index is 13.1. The third-order valence-electron chi connectivity index (χ3n) is 6.54. The van der Waals surface area contributed by atoms with Crippen molar-refractivity contribution in [2.45, 2.75) is 89.6 Å². The van der Waals surface area contributed by atoms with Crippen molar-refractivity contribution >= 4 is 5.91 Å². The number of aryl methyl sites for hydroxylation is 1. The quantitative estimate of drug-likeness (QED) is 0.825. The van der Waals surface area contributed by atoms with E-state index in [-0.39, 0.29) is 0 Å². The number of carbonyl (C=O) groups excluding carboxylic acids is 1. The Bertz CT molecular complexity index is 594. The number of nitrogens with zero attached hydrogens (tertiary/aromatic N) is 3. The third kappa shape index (κ3) is 3.12. The third-order valence-corrected chi connectivity index (χ3v) is 6.54. The SMILES string of the molecule is Cn1nc(CN(C(=O)CC2CCCC2)C2CCCC2)c2c1CCC2. The summed E-state index contributed by atoms with van der Waals surface area (Å²) in [6.45, 7) is 0.749. The fraction of sp³-hybridized carbons (Fsp3) is 0.800. The molecule has 2 fully saturated rings. The van der Waals surface area contributed by atoms with Crippen molar-refractivity contribution in [1.82, 2.24) is 14.7 Å². The molecule has 0 unspecified atom stereocenters. The predicted molar refractivity (Wildman–Crippen MR) is 94.6 cm³/mol. The first-order valence-corrected chi connectivity index (χ1v) is 10.1. The molecule has 0 spiro atoms. The van der Waals surface area contributed by atoms with Gasteiger partial charge in [-0.3, -0.25) is 9.48 Å². The van der Waals surface area contributed by atoms with Gasteiger partial charge in [-0.15, -0.1) is 0 Å². The van der Waals surface area contributed by atoms with E-state index in [9.17, 15) is 4.79 Å². The lowest BCUT2D eigenvalue weighted by atomic mass is 10.0. The van der Waals surface area contributed by atoms with Crippen LogP contribution in [0.1, 0.15) is 81.2 Å². The normalized spacial score (nSPS) is 21.5. The Labute approximate surface area is 145 Å². The maximum absolute atomic E-state index is 13.1. The molecule has 0 atom stereocenters. The van der Waals surface area contributed by atoms with E-state index in [0.717, 1.165) is 25.8 Å². The second-order valence-electron chi connectivity index (χ2n) is 8.16. The standard InChI is InChI=1S/C20H31N3O/c1-22-19-12-6-11-17(19)18(21-22)14-23(16-9-4-5-10-16)20(24)13-15-7-2-3-8-15/h15-16H,2-14H2,1H3. The fourth-order valence-corrected chi connectivity index (χ4v) is 5.20. The molecule has 2 saturated carbocycles. The molecule has 0 aromatic carbocycles. The van der Waals surface area contributed by atoms with Crippen LogP contribution >= 0.6 is 0 Å². The highest BCUT2D eigenvalue weighted by atomic mass is 16.2. The lowest BCUT2D eigenvalue weighted by Crippen LogP contribution is -2.39. The van der Waals surface area contributed by atoms with E-state index in [4.69, 9.17) is 5.10 Å². The lowest BCUT2D eigenvalue weighted by molar-refractivity contribution is -0.135. The molecule has 0 saturated heterocycles. The molecule has 4 nitrogen and oxygen atoms in total. The van der Waals surface area contributed by atoms with Crippen LogP contribution in [0, 0.1) is 5.92 Å².